The topological polar surface area (TPSA) is 59.2 Å². The van der Waals surface area contributed by atoms with Crippen LogP contribution in [0.1, 0.15) is 30.3 Å². The Balaban J connectivity index is 3.36. The largest absolute Gasteiger partial charge is 0.466 e. The minimum atomic E-state index is -5.06. The summed E-state index contributed by atoms with van der Waals surface area (Å²) in [5.74, 6) is -1.06. The monoisotopic (exact) mass is 299 g/mol. The molecular weight excluding hydrogens is 289 g/mol. The van der Waals surface area contributed by atoms with Gasteiger partial charge in [-0.15, -0.1) is 0 Å². The number of alkyl halides is 5. The summed E-state index contributed by atoms with van der Waals surface area (Å²) in [5, 5.41) is 0. The predicted octanol–water partition coefficient (Wildman–Crippen LogP) is 2.44. The van der Waals surface area contributed by atoms with Gasteiger partial charge in [0.2, 0.25) is 0 Å². The third-order valence-corrected chi connectivity index (χ3v) is 2.28. The number of carbonyl (C=O) groups is 1. The molecule has 9 heteroatoms. The maximum absolute atomic E-state index is 12.7. The Bertz CT molecular complexity index is 550. The highest BCUT2D eigenvalue weighted by Crippen LogP contribution is 2.30. The lowest BCUT2D eigenvalue weighted by atomic mass is 10.1. The highest BCUT2D eigenvalue weighted by atomic mass is 19.4. The van der Waals surface area contributed by atoms with Crippen LogP contribution in [0.4, 0.5) is 22.0 Å². The van der Waals surface area contributed by atoms with Gasteiger partial charge in [0.05, 0.1) is 18.7 Å². The molecule has 0 radical (unpaired) electrons. The fourth-order valence-electron chi connectivity index (χ4n) is 1.55. The maximum Gasteiger partial charge on any atom is 0.421 e. The van der Waals surface area contributed by atoms with Gasteiger partial charge in [0, 0.05) is 11.8 Å². The molecule has 0 saturated heterocycles. The number of aromatic nitrogens is 1. The van der Waals surface area contributed by atoms with Crippen LogP contribution in [0.3, 0.4) is 0 Å². The zero-order valence-corrected chi connectivity index (χ0v) is 10.2. The molecule has 1 heterocycles. The summed E-state index contributed by atoms with van der Waals surface area (Å²) >= 11 is 0. The van der Waals surface area contributed by atoms with Crippen molar-refractivity contribution in [2.24, 2.45) is 0 Å². The van der Waals surface area contributed by atoms with Crippen molar-refractivity contribution in [2.45, 2.75) is 25.9 Å². The molecule has 1 aromatic heterocycles. The van der Waals surface area contributed by atoms with E-state index in [9.17, 15) is 31.5 Å². The van der Waals surface area contributed by atoms with E-state index in [1.165, 1.54) is 6.92 Å². The van der Waals surface area contributed by atoms with Crippen LogP contribution in [-0.2, 0) is 22.1 Å². The zero-order chi connectivity index (χ0) is 15.5. The zero-order valence-electron chi connectivity index (χ0n) is 10.2. The Labute approximate surface area is 109 Å². The standard InChI is InChI=1S/C11H10F5NO3/c1-2-20-8(19)4-5-9(11(14,15)16)7(18)3-6(17-5)10(12)13/h3,10H,2,4H2,1H3,(H,17,18). The van der Waals surface area contributed by atoms with Crippen LogP contribution in [0, 0.1) is 0 Å². The molecule has 0 bridgehead atoms. The van der Waals surface area contributed by atoms with Gasteiger partial charge >= 0.3 is 12.1 Å². The summed E-state index contributed by atoms with van der Waals surface area (Å²) in [6.45, 7) is 1.35. The van der Waals surface area contributed by atoms with Gasteiger partial charge in [0.15, 0.2) is 5.43 Å². The van der Waals surface area contributed by atoms with E-state index in [0.717, 1.165) is 0 Å². The lowest BCUT2D eigenvalue weighted by Crippen LogP contribution is -2.25. The van der Waals surface area contributed by atoms with E-state index in [1.54, 1.807) is 4.98 Å². The second-order valence-corrected chi connectivity index (χ2v) is 3.72. The summed E-state index contributed by atoms with van der Waals surface area (Å²) in [5.41, 5.74) is -5.21. The molecule has 0 aliphatic heterocycles. The minimum Gasteiger partial charge on any atom is -0.466 e. The van der Waals surface area contributed by atoms with Crippen molar-refractivity contribution in [2.75, 3.05) is 6.61 Å². The molecule has 0 aliphatic carbocycles. The molecule has 0 saturated carbocycles. The van der Waals surface area contributed by atoms with Gasteiger partial charge in [-0.05, 0) is 6.92 Å². The number of halogens is 5. The Kier molecular flexibility index (Phi) is 4.85. The molecule has 0 fully saturated rings. The van der Waals surface area contributed by atoms with Crippen molar-refractivity contribution in [1.29, 1.82) is 0 Å². The van der Waals surface area contributed by atoms with Gasteiger partial charge in [0.1, 0.15) is 5.56 Å². The molecule has 112 valence electrons. The molecule has 0 aromatic carbocycles. The number of nitrogens with one attached hydrogen (secondary N) is 1. The first-order valence-electron chi connectivity index (χ1n) is 5.43. The number of hydrogen-bond donors (Lipinski definition) is 1. The molecule has 0 atom stereocenters. The molecule has 1 aromatic rings. The van der Waals surface area contributed by atoms with E-state index in [0.29, 0.717) is 0 Å². The van der Waals surface area contributed by atoms with E-state index in [-0.39, 0.29) is 12.7 Å². The molecule has 0 amide bonds. The normalized spacial score (nSPS) is 11.8. The number of pyridine rings is 1. The van der Waals surface area contributed by atoms with E-state index in [1.807, 2.05) is 0 Å². The Morgan fingerprint density at radius 2 is 2.00 bits per heavy atom. The van der Waals surface area contributed by atoms with Crippen molar-refractivity contribution in [3.05, 3.63) is 33.2 Å². The first-order chi connectivity index (χ1) is 9.16. The maximum atomic E-state index is 12.7. The van der Waals surface area contributed by atoms with E-state index >= 15 is 0 Å². The van der Waals surface area contributed by atoms with Gasteiger partial charge in [-0.3, -0.25) is 9.59 Å². The third kappa shape index (κ3) is 3.78. The van der Waals surface area contributed by atoms with Crippen molar-refractivity contribution in [1.82, 2.24) is 4.98 Å². The fraction of sp³-hybridized carbons (Fsp3) is 0.455. The fourth-order valence-corrected chi connectivity index (χ4v) is 1.55. The molecule has 0 aliphatic rings. The molecular formula is C11H10F5NO3. The Hall–Kier alpha value is -1.93. The van der Waals surface area contributed by atoms with Crippen LogP contribution in [0.15, 0.2) is 10.9 Å². The van der Waals surface area contributed by atoms with Crippen molar-refractivity contribution < 1.29 is 31.5 Å². The van der Waals surface area contributed by atoms with Gasteiger partial charge in [-0.25, -0.2) is 8.78 Å². The van der Waals surface area contributed by atoms with Gasteiger partial charge in [-0.1, -0.05) is 0 Å². The van der Waals surface area contributed by atoms with Crippen LogP contribution in [0.25, 0.3) is 0 Å². The van der Waals surface area contributed by atoms with Crippen LogP contribution >= 0.6 is 0 Å². The number of carbonyl (C=O) groups excluding carboxylic acids is 1. The van der Waals surface area contributed by atoms with E-state index in [2.05, 4.69) is 4.74 Å². The van der Waals surface area contributed by atoms with Gasteiger partial charge < -0.3 is 9.72 Å². The third-order valence-electron chi connectivity index (χ3n) is 2.28. The average Bonchev–Trinajstić information content (AvgIpc) is 2.26. The first kappa shape index (κ1) is 16.1. The molecule has 4 nitrogen and oxygen atoms in total. The molecule has 1 rings (SSSR count). The highest BCUT2D eigenvalue weighted by Gasteiger charge is 2.38. The number of esters is 1. The van der Waals surface area contributed by atoms with Crippen molar-refractivity contribution in [3.8, 4) is 0 Å². The number of rotatable bonds is 4. The lowest BCUT2D eigenvalue weighted by Gasteiger charge is -2.13. The van der Waals surface area contributed by atoms with Gasteiger partial charge in [-0.2, -0.15) is 13.2 Å². The summed E-state index contributed by atoms with van der Waals surface area (Å²) < 4.78 is 67.5. The van der Waals surface area contributed by atoms with Crippen LogP contribution in [0.5, 0.6) is 0 Å². The van der Waals surface area contributed by atoms with Crippen LogP contribution in [0.2, 0.25) is 0 Å². The first-order valence-corrected chi connectivity index (χ1v) is 5.43. The Morgan fingerprint density at radius 3 is 2.45 bits per heavy atom. The van der Waals surface area contributed by atoms with E-state index < -0.39 is 47.4 Å². The average molecular weight is 299 g/mol. The summed E-state index contributed by atoms with van der Waals surface area (Å²) in [7, 11) is 0. The van der Waals surface area contributed by atoms with Crippen LogP contribution in [-0.4, -0.2) is 17.6 Å². The second kappa shape index (κ2) is 6.02. The number of aromatic amines is 1. The van der Waals surface area contributed by atoms with E-state index in [4.69, 9.17) is 0 Å². The minimum absolute atomic E-state index is 0.0844. The molecule has 0 spiro atoms. The van der Waals surface area contributed by atoms with Gasteiger partial charge in [0.25, 0.3) is 6.43 Å². The summed E-state index contributed by atoms with van der Waals surface area (Å²) in [6.07, 6.45) is -9.17. The Morgan fingerprint density at radius 1 is 1.40 bits per heavy atom. The van der Waals surface area contributed by atoms with Crippen LogP contribution < -0.4 is 5.43 Å². The smallest absolute Gasteiger partial charge is 0.421 e. The molecule has 1 N–H and O–H groups in total. The number of H-pyrrole nitrogens is 1. The molecule has 20 heavy (non-hydrogen) atoms. The summed E-state index contributed by atoms with van der Waals surface area (Å²) in [6, 6.07) is 0.169. The second-order valence-electron chi connectivity index (χ2n) is 3.72. The quantitative estimate of drug-likeness (QED) is 0.686. The number of ether oxygens (including phenoxy) is 1. The predicted molar refractivity (Wildman–Crippen MR) is 57.4 cm³/mol. The number of hydrogen-bond acceptors (Lipinski definition) is 3. The highest BCUT2D eigenvalue weighted by molar-refractivity contribution is 5.72. The van der Waals surface area contributed by atoms with Crippen molar-refractivity contribution >= 4 is 5.97 Å². The lowest BCUT2D eigenvalue weighted by molar-refractivity contribution is -0.143. The SMILES string of the molecule is CCOC(=O)Cc1[nH]c(C(F)F)cc(=O)c1C(F)(F)F. The van der Waals surface area contributed by atoms with Crippen molar-refractivity contribution in [3.63, 3.8) is 0 Å². The molecule has 0 unspecified atom stereocenters. The summed E-state index contributed by atoms with van der Waals surface area (Å²) in [4.78, 5) is 24.3.